The van der Waals surface area contributed by atoms with Gasteiger partial charge in [0.05, 0.1) is 23.2 Å². The molecular formula is C21H22Cl2N2O4. The molecule has 0 saturated heterocycles. The minimum absolute atomic E-state index is 0.128. The van der Waals surface area contributed by atoms with Crippen LogP contribution in [0.1, 0.15) is 35.8 Å². The molecule has 8 heteroatoms. The van der Waals surface area contributed by atoms with E-state index in [1.807, 2.05) is 32.0 Å². The van der Waals surface area contributed by atoms with Gasteiger partial charge >= 0.3 is 0 Å². The van der Waals surface area contributed by atoms with Crippen molar-refractivity contribution in [3.05, 3.63) is 57.6 Å². The standard InChI is InChI=1S/C21H22Cl2N2O4/c1-12(2)20(13-3-6-17-18(9-13)29-8-7-28-17)25-19(26)11-24-21(27)15-5-4-14(22)10-16(15)23/h3-6,9-10,12,20H,7-8,11H2,1-2H3,(H,24,27)(H,25,26). The second kappa shape index (κ2) is 9.37. The highest BCUT2D eigenvalue weighted by Crippen LogP contribution is 2.34. The van der Waals surface area contributed by atoms with Gasteiger partial charge in [0, 0.05) is 5.02 Å². The Kier molecular flexibility index (Phi) is 6.87. The summed E-state index contributed by atoms with van der Waals surface area (Å²) in [6, 6.07) is 9.96. The van der Waals surface area contributed by atoms with Gasteiger partial charge in [0.1, 0.15) is 13.2 Å². The fraction of sp³-hybridized carbons (Fsp3) is 0.333. The Hall–Kier alpha value is -2.44. The number of nitrogens with one attached hydrogen (secondary N) is 2. The molecule has 6 nitrogen and oxygen atoms in total. The largest absolute Gasteiger partial charge is 0.486 e. The number of carbonyl (C=O) groups is 2. The van der Waals surface area contributed by atoms with Crippen LogP contribution >= 0.6 is 23.2 Å². The summed E-state index contributed by atoms with van der Waals surface area (Å²) >= 11 is 11.9. The zero-order valence-electron chi connectivity index (χ0n) is 16.1. The Morgan fingerprint density at radius 1 is 1.03 bits per heavy atom. The third kappa shape index (κ3) is 5.34. The molecule has 0 bridgehead atoms. The van der Waals surface area contributed by atoms with Crippen LogP contribution in [0, 0.1) is 5.92 Å². The molecule has 1 atom stereocenters. The smallest absolute Gasteiger partial charge is 0.253 e. The molecule has 0 radical (unpaired) electrons. The van der Waals surface area contributed by atoms with Gasteiger partial charge in [-0.25, -0.2) is 0 Å². The molecule has 2 N–H and O–H groups in total. The summed E-state index contributed by atoms with van der Waals surface area (Å²) < 4.78 is 11.2. The van der Waals surface area contributed by atoms with Gasteiger partial charge in [-0.15, -0.1) is 0 Å². The number of hydrogen-bond acceptors (Lipinski definition) is 4. The Balaban J connectivity index is 1.63. The van der Waals surface area contributed by atoms with Crippen molar-refractivity contribution in [1.29, 1.82) is 0 Å². The molecule has 1 heterocycles. The van der Waals surface area contributed by atoms with Gasteiger partial charge in [-0.3, -0.25) is 9.59 Å². The lowest BCUT2D eigenvalue weighted by molar-refractivity contribution is -0.121. The van der Waals surface area contributed by atoms with Gasteiger partial charge in [-0.2, -0.15) is 0 Å². The van der Waals surface area contributed by atoms with E-state index >= 15 is 0 Å². The van der Waals surface area contributed by atoms with E-state index < -0.39 is 5.91 Å². The van der Waals surface area contributed by atoms with Crippen LogP contribution in [-0.4, -0.2) is 31.6 Å². The van der Waals surface area contributed by atoms with Gasteiger partial charge in [0.25, 0.3) is 5.91 Å². The first-order valence-electron chi connectivity index (χ1n) is 9.27. The lowest BCUT2D eigenvalue weighted by atomic mass is 9.95. The van der Waals surface area contributed by atoms with Crippen LogP contribution in [-0.2, 0) is 4.79 Å². The van der Waals surface area contributed by atoms with Crippen LogP contribution in [0.2, 0.25) is 10.0 Å². The van der Waals surface area contributed by atoms with Crippen LogP contribution < -0.4 is 20.1 Å². The maximum absolute atomic E-state index is 12.5. The number of carbonyl (C=O) groups excluding carboxylic acids is 2. The van der Waals surface area contributed by atoms with Crippen LogP contribution in [0.5, 0.6) is 11.5 Å². The van der Waals surface area contributed by atoms with Gasteiger partial charge < -0.3 is 20.1 Å². The van der Waals surface area contributed by atoms with E-state index in [0.717, 1.165) is 5.56 Å². The molecule has 2 aromatic carbocycles. The van der Waals surface area contributed by atoms with Crippen molar-refractivity contribution in [2.24, 2.45) is 5.92 Å². The Bertz CT molecular complexity index is 918. The fourth-order valence-corrected chi connectivity index (χ4v) is 3.54. The number of rotatable bonds is 6. The summed E-state index contributed by atoms with van der Waals surface area (Å²) in [4.78, 5) is 24.7. The molecule has 2 amide bonds. The predicted octanol–water partition coefficient (Wildman–Crippen LogP) is 4.01. The fourth-order valence-electron chi connectivity index (χ4n) is 3.04. The molecule has 0 spiro atoms. The molecule has 1 aliphatic heterocycles. The van der Waals surface area contributed by atoms with Crippen LogP contribution in [0.15, 0.2) is 36.4 Å². The molecule has 29 heavy (non-hydrogen) atoms. The van der Waals surface area contributed by atoms with Crippen molar-refractivity contribution in [3.63, 3.8) is 0 Å². The van der Waals surface area contributed by atoms with Crippen molar-refractivity contribution < 1.29 is 19.1 Å². The average molecular weight is 437 g/mol. The summed E-state index contributed by atoms with van der Waals surface area (Å²) in [5.74, 6) is 0.738. The second-order valence-electron chi connectivity index (χ2n) is 7.00. The highest BCUT2D eigenvalue weighted by Gasteiger charge is 2.22. The number of hydrogen-bond donors (Lipinski definition) is 2. The monoisotopic (exact) mass is 436 g/mol. The van der Waals surface area contributed by atoms with Crippen LogP contribution in [0.3, 0.4) is 0 Å². The van der Waals surface area contributed by atoms with Crippen LogP contribution in [0.4, 0.5) is 0 Å². The van der Waals surface area contributed by atoms with Crippen molar-refractivity contribution >= 4 is 35.0 Å². The van der Waals surface area contributed by atoms with E-state index in [1.54, 1.807) is 6.07 Å². The van der Waals surface area contributed by atoms with E-state index in [4.69, 9.17) is 32.7 Å². The molecule has 0 aliphatic carbocycles. The molecule has 0 aromatic heterocycles. The second-order valence-corrected chi connectivity index (χ2v) is 7.84. The van der Waals surface area contributed by atoms with Crippen molar-refractivity contribution in [3.8, 4) is 11.5 Å². The van der Waals surface area contributed by atoms with E-state index in [1.165, 1.54) is 12.1 Å². The number of ether oxygens (including phenoxy) is 2. The van der Waals surface area contributed by atoms with E-state index in [2.05, 4.69) is 10.6 Å². The quantitative estimate of drug-likeness (QED) is 0.716. The number of fused-ring (bicyclic) bond motifs is 1. The topological polar surface area (TPSA) is 76.7 Å². The third-order valence-corrected chi connectivity index (χ3v) is 5.04. The van der Waals surface area contributed by atoms with E-state index in [9.17, 15) is 9.59 Å². The maximum Gasteiger partial charge on any atom is 0.253 e. The highest BCUT2D eigenvalue weighted by molar-refractivity contribution is 6.36. The highest BCUT2D eigenvalue weighted by atomic mass is 35.5. The normalized spacial score (nSPS) is 13.7. The Morgan fingerprint density at radius 2 is 1.76 bits per heavy atom. The van der Waals surface area contributed by atoms with Gasteiger partial charge in [0.2, 0.25) is 5.91 Å². The van der Waals surface area contributed by atoms with Crippen LogP contribution in [0.25, 0.3) is 0 Å². The first-order valence-corrected chi connectivity index (χ1v) is 10.0. The Morgan fingerprint density at radius 3 is 2.45 bits per heavy atom. The third-order valence-electron chi connectivity index (χ3n) is 4.49. The van der Waals surface area contributed by atoms with Crippen molar-refractivity contribution in [2.45, 2.75) is 19.9 Å². The molecule has 0 saturated carbocycles. The first kappa shape index (κ1) is 21.3. The molecule has 3 rings (SSSR count). The molecule has 154 valence electrons. The van der Waals surface area contributed by atoms with E-state index in [-0.39, 0.29) is 35.0 Å². The minimum atomic E-state index is -0.442. The zero-order valence-corrected chi connectivity index (χ0v) is 17.6. The summed E-state index contributed by atoms with van der Waals surface area (Å²) in [6.07, 6.45) is 0. The lowest BCUT2D eigenvalue weighted by Gasteiger charge is -2.25. The minimum Gasteiger partial charge on any atom is -0.486 e. The predicted molar refractivity (Wildman–Crippen MR) is 112 cm³/mol. The maximum atomic E-state index is 12.5. The summed E-state index contributed by atoms with van der Waals surface area (Å²) in [7, 11) is 0. The average Bonchev–Trinajstić information content (AvgIpc) is 2.69. The zero-order chi connectivity index (χ0) is 21.0. The van der Waals surface area contributed by atoms with Gasteiger partial charge in [0.15, 0.2) is 11.5 Å². The first-order chi connectivity index (χ1) is 13.8. The molecule has 0 fully saturated rings. The number of halogens is 2. The molecule has 1 unspecified atom stereocenters. The molecule has 1 aliphatic rings. The Labute approximate surface area is 179 Å². The summed E-state index contributed by atoms with van der Waals surface area (Å²) in [6.45, 7) is 4.86. The SMILES string of the molecule is CC(C)C(NC(=O)CNC(=O)c1ccc(Cl)cc1Cl)c1ccc2c(c1)OCCO2. The molecule has 2 aromatic rings. The van der Waals surface area contributed by atoms with Crippen molar-refractivity contribution in [1.82, 2.24) is 10.6 Å². The number of amides is 2. The van der Waals surface area contributed by atoms with E-state index in [0.29, 0.717) is 29.7 Å². The lowest BCUT2D eigenvalue weighted by Crippen LogP contribution is -2.40. The molecular weight excluding hydrogens is 415 g/mol. The van der Waals surface area contributed by atoms with Gasteiger partial charge in [-0.1, -0.05) is 43.1 Å². The summed E-state index contributed by atoms with van der Waals surface area (Å²) in [5, 5.41) is 6.21. The van der Waals surface area contributed by atoms with Crippen molar-refractivity contribution in [2.75, 3.05) is 19.8 Å². The van der Waals surface area contributed by atoms with Gasteiger partial charge in [-0.05, 0) is 41.8 Å². The summed E-state index contributed by atoms with van der Waals surface area (Å²) in [5.41, 5.74) is 1.17. The number of benzene rings is 2.